The standard InChI is InChI=1S/C10H24N2O5S/c1-9(7-16-2)17-8-10(13)6-11-4-5-12-18(3,14)15/h9-13H,4-8H2,1-3H3. The fraction of sp³-hybridized carbons (Fsp3) is 1.00. The van der Waals surface area contributed by atoms with Gasteiger partial charge in [-0.05, 0) is 6.92 Å². The average Bonchev–Trinajstić information content (AvgIpc) is 2.25. The van der Waals surface area contributed by atoms with Crippen LogP contribution in [0.3, 0.4) is 0 Å². The van der Waals surface area contributed by atoms with Crippen LogP contribution in [0.4, 0.5) is 0 Å². The van der Waals surface area contributed by atoms with Crippen LogP contribution in [0.1, 0.15) is 6.92 Å². The van der Waals surface area contributed by atoms with E-state index in [4.69, 9.17) is 9.47 Å². The van der Waals surface area contributed by atoms with Crippen LogP contribution in [-0.2, 0) is 19.5 Å². The summed E-state index contributed by atoms with van der Waals surface area (Å²) < 4.78 is 34.1. The Hall–Kier alpha value is -0.250. The molecule has 0 aliphatic rings. The van der Waals surface area contributed by atoms with Gasteiger partial charge in [0, 0.05) is 26.7 Å². The van der Waals surface area contributed by atoms with Crippen molar-refractivity contribution in [1.29, 1.82) is 0 Å². The Morgan fingerprint density at radius 3 is 2.50 bits per heavy atom. The van der Waals surface area contributed by atoms with Crippen molar-refractivity contribution in [2.24, 2.45) is 0 Å². The van der Waals surface area contributed by atoms with Gasteiger partial charge in [0.15, 0.2) is 0 Å². The predicted molar refractivity (Wildman–Crippen MR) is 69.0 cm³/mol. The summed E-state index contributed by atoms with van der Waals surface area (Å²) in [5.41, 5.74) is 0. The Kier molecular flexibility index (Phi) is 9.52. The topological polar surface area (TPSA) is 96.9 Å². The summed E-state index contributed by atoms with van der Waals surface area (Å²) in [4.78, 5) is 0. The molecule has 0 bridgehead atoms. The van der Waals surface area contributed by atoms with Crippen molar-refractivity contribution < 1.29 is 23.0 Å². The van der Waals surface area contributed by atoms with Crippen LogP contribution in [-0.4, -0.2) is 71.9 Å². The van der Waals surface area contributed by atoms with Gasteiger partial charge in [0.25, 0.3) is 0 Å². The fourth-order valence-corrected chi connectivity index (χ4v) is 1.68. The molecule has 0 fully saturated rings. The highest BCUT2D eigenvalue weighted by molar-refractivity contribution is 7.88. The molecule has 0 aromatic carbocycles. The molecular weight excluding hydrogens is 260 g/mol. The molecule has 0 amide bonds. The maximum absolute atomic E-state index is 10.7. The first-order valence-corrected chi connectivity index (χ1v) is 7.68. The smallest absolute Gasteiger partial charge is 0.208 e. The summed E-state index contributed by atoms with van der Waals surface area (Å²) in [5.74, 6) is 0. The first kappa shape index (κ1) is 17.8. The first-order chi connectivity index (χ1) is 8.35. The Morgan fingerprint density at radius 2 is 1.94 bits per heavy atom. The highest BCUT2D eigenvalue weighted by Crippen LogP contribution is 1.93. The molecule has 0 saturated heterocycles. The molecule has 0 aliphatic heterocycles. The number of methoxy groups -OCH3 is 1. The van der Waals surface area contributed by atoms with Gasteiger partial charge in [-0.1, -0.05) is 0 Å². The number of aliphatic hydroxyl groups is 1. The fourth-order valence-electron chi connectivity index (χ4n) is 1.21. The Balaban J connectivity index is 3.45. The van der Waals surface area contributed by atoms with Crippen LogP contribution in [0, 0.1) is 0 Å². The minimum atomic E-state index is -3.14. The SMILES string of the molecule is COCC(C)OCC(O)CNCCNS(C)(=O)=O. The van der Waals surface area contributed by atoms with Crippen LogP contribution >= 0.6 is 0 Å². The second kappa shape index (κ2) is 9.65. The summed E-state index contributed by atoms with van der Waals surface area (Å²) in [6, 6.07) is 0. The van der Waals surface area contributed by atoms with Gasteiger partial charge in [0.1, 0.15) is 0 Å². The molecule has 2 unspecified atom stereocenters. The third-order valence-corrected chi connectivity index (χ3v) is 2.75. The molecule has 3 N–H and O–H groups in total. The maximum Gasteiger partial charge on any atom is 0.208 e. The molecule has 0 rings (SSSR count). The molecule has 0 spiro atoms. The van der Waals surface area contributed by atoms with Crippen molar-refractivity contribution in [1.82, 2.24) is 10.0 Å². The zero-order valence-electron chi connectivity index (χ0n) is 11.2. The van der Waals surface area contributed by atoms with Crippen molar-refractivity contribution in [3.63, 3.8) is 0 Å². The van der Waals surface area contributed by atoms with Crippen molar-refractivity contribution in [2.45, 2.75) is 19.1 Å². The molecule has 2 atom stereocenters. The number of hydrogen-bond donors (Lipinski definition) is 3. The lowest BCUT2D eigenvalue weighted by molar-refractivity contribution is -0.0309. The predicted octanol–water partition coefficient (Wildman–Crippen LogP) is -1.46. The molecular formula is C10H24N2O5S. The van der Waals surface area contributed by atoms with Crippen LogP contribution < -0.4 is 10.0 Å². The van der Waals surface area contributed by atoms with E-state index in [1.807, 2.05) is 6.92 Å². The van der Waals surface area contributed by atoms with E-state index >= 15 is 0 Å². The molecule has 0 heterocycles. The van der Waals surface area contributed by atoms with Gasteiger partial charge in [-0.25, -0.2) is 13.1 Å². The minimum Gasteiger partial charge on any atom is -0.389 e. The van der Waals surface area contributed by atoms with E-state index in [1.165, 1.54) is 0 Å². The molecule has 7 nitrogen and oxygen atoms in total. The summed E-state index contributed by atoms with van der Waals surface area (Å²) in [6.45, 7) is 3.67. The van der Waals surface area contributed by atoms with E-state index in [9.17, 15) is 13.5 Å². The van der Waals surface area contributed by atoms with Crippen molar-refractivity contribution in [2.75, 3.05) is 46.2 Å². The Bertz CT molecular complexity index is 297. The number of ether oxygens (including phenoxy) is 2. The Labute approximate surface area is 109 Å². The second-order valence-corrected chi connectivity index (χ2v) is 5.96. The van der Waals surface area contributed by atoms with Crippen molar-refractivity contribution in [3.8, 4) is 0 Å². The number of nitrogens with one attached hydrogen (secondary N) is 2. The zero-order chi connectivity index (χ0) is 14.0. The second-order valence-electron chi connectivity index (χ2n) is 4.12. The monoisotopic (exact) mass is 284 g/mol. The highest BCUT2D eigenvalue weighted by Gasteiger charge is 2.07. The lowest BCUT2D eigenvalue weighted by Crippen LogP contribution is -2.37. The van der Waals surface area contributed by atoms with Crippen LogP contribution in [0.15, 0.2) is 0 Å². The molecule has 0 aromatic heterocycles. The van der Waals surface area contributed by atoms with E-state index in [0.29, 0.717) is 26.2 Å². The van der Waals surface area contributed by atoms with Gasteiger partial charge >= 0.3 is 0 Å². The lowest BCUT2D eigenvalue weighted by atomic mass is 10.3. The van der Waals surface area contributed by atoms with Crippen LogP contribution in [0.25, 0.3) is 0 Å². The molecule has 0 aromatic rings. The minimum absolute atomic E-state index is 0.0587. The number of rotatable bonds is 11. The van der Waals surface area contributed by atoms with E-state index in [2.05, 4.69) is 10.0 Å². The number of sulfonamides is 1. The molecule has 0 aliphatic carbocycles. The van der Waals surface area contributed by atoms with Gasteiger partial charge < -0.3 is 19.9 Å². The molecule has 0 radical (unpaired) electrons. The lowest BCUT2D eigenvalue weighted by Gasteiger charge is -2.16. The highest BCUT2D eigenvalue weighted by atomic mass is 32.2. The molecule has 18 heavy (non-hydrogen) atoms. The van der Waals surface area contributed by atoms with Gasteiger partial charge in [0.05, 0.1) is 31.7 Å². The van der Waals surface area contributed by atoms with E-state index in [1.54, 1.807) is 7.11 Å². The third-order valence-electron chi connectivity index (χ3n) is 2.02. The average molecular weight is 284 g/mol. The normalized spacial score (nSPS) is 15.6. The summed E-state index contributed by atoms with van der Waals surface area (Å²) in [7, 11) is -1.55. The summed E-state index contributed by atoms with van der Waals surface area (Å²) in [5, 5.41) is 12.5. The van der Waals surface area contributed by atoms with Crippen LogP contribution in [0.5, 0.6) is 0 Å². The quantitative estimate of drug-likeness (QED) is 0.401. The first-order valence-electron chi connectivity index (χ1n) is 5.79. The van der Waals surface area contributed by atoms with Gasteiger partial charge in [0.2, 0.25) is 10.0 Å². The molecule has 110 valence electrons. The molecule has 0 saturated carbocycles. The van der Waals surface area contributed by atoms with E-state index in [0.717, 1.165) is 6.26 Å². The van der Waals surface area contributed by atoms with E-state index < -0.39 is 16.1 Å². The van der Waals surface area contributed by atoms with Gasteiger partial charge in [-0.2, -0.15) is 0 Å². The van der Waals surface area contributed by atoms with Crippen molar-refractivity contribution >= 4 is 10.0 Å². The number of aliphatic hydroxyl groups excluding tert-OH is 1. The Morgan fingerprint density at radius 1 is 1.28 bits per heavy atom. The summed E-state index contributed by atoms with van der Waals surface area (Å²) in [6.07, 6.45) is 0.423. The third kappa shape index (κ3) is 12.2. The largest absolute Gasteiger partial charge is 0.389 e. The maximum atomic E-state index is 10.7. The van der Waals surface area contributed by atoms with Crippen molar-refractivity contribution in [3.05, 3.63) is 0 Å². The zero-order valence-corrected chi connectivity index (χ0v) is 12.0. The number of hydrogen-bond acceptors (Lipinski definition) is 6. The molecule has 8 heteroatoms. The van der Waals surface area contributed by atoms with E-state index in [-0.39, 0.29) is 12.7 Å². The van der Waals surface area contributed by atoms with Gasteiger partial charge in [-0.3, -0.25) is 0 Å². The van der Waals surface area contributed by atoms with Gasteiger partial charge in [-0.15, -0.1) is 0 Å². The van der Waals surface area contributed by atoms with Crippen LogP contribution in [0.2, 0.25) is 0 Å². The summed E-state index contributed by atoms with van der Waals surface area (Å²) >= 11 is 0.